The average Bonchev–Trinajstić information content (AvgIpc) is 2.40. The molecular formula is C15H19N3. The van der Waals surface area contributed by atoms with E-state index in [0.717, 1.165) is 17.9 Å². The fourth-order valence-corrected chi connectivity index (χ4v) is 1.84. The maximum Gasteiger partial charge on any atom is 0.0569 e. The number of nitrogens with zero attached hydrogens (tertiary/aromatic N) is 2. The van der Waals surface area contributed by atoms with E-state index >= 15 is 0 Å². The van der Waals surface area contributed by atoms with Gasteiger partial charge in [-0.25, -0.2) is 0 Å². The van der Waals surface area contributed by atoms with Crippen LogP contribution in [-0.4, -0.2) is 12.0 Å². The molecule has 0 aliphatic rings. The molecule has 0 amide bonds. The summed E-state index contributed by atoms with van der Waals surface area (Å²) in [6.07, 6.45) is 1.88. The van der Waals surface area contributed by atoms with E-state index < -0.39 is 0 Å². The topological polar surface area (TPSA) is 42.1 Å². The molecule has 0 spiro atoms. The largest absolute Gasteiger partial charge is 0.369 e. The van der Waals surface area contributed by atoms with E-state index in [4.69, 9.17) is 5.73 Å². The number of hydrogen-bond donors (Lipinski definition) is 1. The molecule has 94 valence electrons. The monoisotopic (exact) mass is 241 g/mol. The molecule has 0 fully saturated rings. The van der Waals surface area contributed by atoms with Crippen molar-refractivity contribution in [2.75, 3.05) is 11.9 Å². The van der Waals surface area contributed by atoms with Gasteiger partial charge >= 0.3 is 0 Å². The van der Waals surface area contributed by atoms with Crippen molar-refractivity contribution in [2.45, 2.75) is 19.5 Å². The summed E-state index contributed by atoms with van der Waals surface area (Å²) in [7, 11) is 2.07. The molecule has 0 unspecified atom stereocenters. The number of rotatable bonds is 4. The van der Waals surface area contributed by atoms with Crippen molar-refractivity contribution >= 4 is 5.69 Å². The van der Waals surface area contributed by atoms with Gasteiger partial charge in [-0.2, -0.15) is 0 Å². The molecule has 0 saturated heterocycles. The molecule has 0 aliphatic heterocycles. The Kier molecular flexibility index (Phi) is 3.95. The molecule has 0 bridgehead atoms. The van der Waals surface area contributed by atoms with Crippen LogP contribution in [0.15, 0.2) is 48.7 Å². The first-order valence-electron chi connectivity index (χ1n) is 6.13. The highest BCUT2D eigenvalue weighted by Gasteiger charge is 2.04. The van der Waals surface area contributed by atoms with Crippen LogP contribution in [0.3, 0.4) is 0 Å². The summed E-state index contributed by atoms with van der Waals surface area (Å²) < 4.78 is 0. The van der Waals surface area contributed by atoms with E-state index in [1.165, 1.54) is 5.56 Å². The molecule has 3 nitrogen and oxygen atoms in total. The van der Waals surface area contributed by atoms with E-state index in [2.05, 4.69) is 47.3 Å². The second-order valence-electron chi connectivity index (χ2n) is 4.57. The van der Waals surface area contributed by atoms with E-state index in [0.29, 0.717) is 0 Å². The summed E-state index contributed by atoms with van der Waals surface area (Å²) in [4.78, 5) is 6.55. The van der Waals surface area contributed by atoms with Crippen molar-refractivity contribution in [1.82, 2.24) is 4.98 Å². The summed E-state index contributed by atoms with van der Waals surface area (Å²) in [5, 5.41) is 0. The van der Waals surface area contributed by atoms with Crippen molar-refractivity contribution in [1.29, 1.82) is 0 Å². The van der Waals surface area contributed by atoms with Crippen LogP contribution < -0.4 is 10.6 Å². The van der Waals surface area contributed by atoms with Crippen molar-refractivity contribution in [3.05, 3.63) is 59.9 Å². The van der Waals surface area contributed by atoms with Gasteiger partial charge in [0.25, 0.3) is 0 Å². The van der Waals surface area contributed by atoms with Crippen molar-refractivity contribution in [3.8, 4) is 0 Å². The van der Waals surface area contributed by atoms with Gasteiger partial charge in [-0.3, -0.25) is 4.98 Å². The number of aromatic nitrogens is 1. The van der Waals surface area contributed by atoms with E-state index in [1.807, 2.05) is 25.3 Å². The van der Waals surface area contributed by atoms with Crippen LogP contribution in [0.4, 0.5) is 5.69 Å². The Morgan fingerprint density at radius 1 is 1.17 bits per heavy atom. The lowest BCUT2D eigenvalue weighted by Crippen LogP contribution is -2.17. The van der Waals surface area contributed by atoms with Gasteiger partial charge < -0.3 is 10.6 Å². The minimum Gasteiger partial charge on any atom is -0.369 e. The number of nitrogens with two attached hydrogens (primary N) is 1. The van der Waals surface area contributed by atoms with Gasteiger partial charge in [0.2, 0.25) is 0 Å². The highest BCUT2D eigenvalue weighted by molar-refractivity contribution is 5.44. The molecule has 0 aliphatic carbocycles. The fraction of sp³-hybridized carbons (Fsp3) is 0.267. The maximum atomic E-state index is 5.79. The van der Waals surface area contributed by atoms with Gasteiger partial charge in [0.15, 0.2) is 0 Å². The van der Waals surface area contributed by atoms with Crippen LogP contribution in [0.1, 0.15) is 24.2 Å². The molecular weight excluding hydrogens is 222 g/mol. The summed E-state index contributed by atoms with van der Waals surface area (Å²) in [5.74, 6) is 0. The zero-order valence-corrected chi connectivity index (χ0v) is 10.9. The first-order valence-corrected chi connectivity index (χ1v) is 6.13. The van der Waals surface area contributed by atoms with E-state index in [1.54, 1.807) is 0 Å². The predicted molar refractivity (Wildman–Crippen MR) is 75.4 cm³/mol. The quantitative estimate of drug-likeness (QED) is 0.895. The normalized spacial score (nSPS) is 12.2. The molecule has 2 aromatic rings. The van der Waals surface area contributed by atoms with Gasteiger partial charge in [-0.05, 0) is 24.6 Å². The molecule has 18 heavy (non-hydrogen) atoms. The fourth-order valence-electron chi connectivity index (χ4n) is 1.84. The number of benzene rings is 1. The van der Waals surface area contributed by atoms with Crippen LogP contribution in [-0.2, 0) is 6.54 Å². The second-order valence-corrected chi connectivity index (χ2v) is 4.57. The highest BCUT2D eigenvalue weighted by Crippen LogP contribution is 2.16. The van der Waals surface area contributed by atoms with Crippen LogP contribution in [0.2, 0.25) is 0 Å². The van der Waals surface area contributed by atoms with Gasteiger partial charge in [-0.15, -0.1) is 0 Å². The Bertz CT molecular complexity index is 477. The molecule has 1 heterocycles. The summed E-state index contributed by atoms with van der Waals surface area (Å²) >= 11 is 0. The molecule has 1 aromatic heterocycles. The second kappa shape index (κ2) is 5.65. The Labute approximate surface area is 108 Å². The smallest absolute Gasteiger partial charge is 0.0569 e. The molecule has 2 N–H and O–H groups in total. The molecule has 3 heteroatoms. The third-order valence-electron chi connectivity index (χ3n) is 2.94. The van der Waals surface area contributed by atoms with Crippen LogP contribution in [0.5, 0.6) is 0 Å². The lowest BCUT2D eigenvalue weighted by Gasteiger charge is -2.19. The minimum absolute atomic E-state index is 0.0153. The summed E-state index contributed by atoms with van der Waals surface area (Å²) in [6.45, 7) is 2.82. The lowest BCUT2D eigenvalue weighted by molar-refractivity contribution is 0.779. The molecule has 2 rings (SSSR count). The van der Waals surface area contributed by atoms with Crippen molar-refractivity contribution in [2.24, 2.45) is 5.73 Å². The SMILES string of the molecule is C[C@@H](N)c1ccc(N(C)Cc2ccccc2)cn1. The Morgan fingerprint density at radius 3 is 2.44 bits per heavy atom. The maximum absolute atomic E-state index is 5.79. The Morgan fingerprint density at radius 2 is 1.89 bits per heavy atom. The Balaban J connectivity index is 2.07. The van der Waals surface area contributed by atoms with Gasteiger partial charge in [0.1, 0.15) is 0 Å². The zero-order chi connectivity index (χ0) is 13.0. The third kappa shape index (κ3) is 3.08. The third-order valence-corrected chi connectivity index (χ3v) is 2.94. The zero-order valence-electron chi connectivity index (χ0n) is 10.9. The van der Waals surface area contributed by atoms with Crippen molar-refractivity contribution in [3.63, 3.8) is 0 Å². The molecule has 1 atom stereocenters. The lowest BCUT2D eigenvalue weighted by atomic mass is 10.2. The van der Waals surface area contributed by atoms with E-state index in [9.17, 15) is 0 Å². The highest BCUT2D eigenvalue weighted by atomic mass is 15.1. The number of anilines is 1. The molecule has 0 radical (unpaired) electrons. The average molecular weight is 241 g/mol. The molecule has 1 aromatic carbocycles. The van der Waals surface area contributed by atoms with Crippen LogP contribution in [0.25, 0.3) is 0 Å². The molecule has 0 saturated carbocycles. The van der Waals surface area contributed by atoms with Crippen molar-refractivity contribution < 1.29 is 0 Å². The van der Waals surface area contributed by atoms with Crippen LogP contribution >= 0.6 is 0 Å². The number of hydrogen-bond acceptors (Lipinski definition) is 3. The summed E-state index contributed by atoms with van der Waals surface area (Å²) in [6, 6.07) is 14.4. The predicted octanol–water partition coefficient (Wildman–Crippen LogP) is 2.74. The Hall–Kier alpha value is -1.87. The van der Waals surface area contributed by atoms with Gasteiger partial charge in [-0.1, -0.05) is 30.3 Å². The standard InChI is InChI=1S/C15H19N3/c1-12(16)15-9-8-14(10-17-15)18(2)11-13-6-4-3-5-7-13/h3-10,12H,11,16H2,1-2H3/t12-/m1/s1. The summed E-state index contributed by atoms with van der Waals surface area (Å²) in [5.41, 5.74) is 9.10. The minimum atomic E-state index is -0.0153. The van der Waals surface area contributed by atoms with Crippen LogP contribution in [0, 0.1) is 0 Å². The number of pyridine rings is 1. The first kappa shape index (κ1) is 12.6. The van der Waals surface area contributed by atoms with Gasteiger partial charge in [0.05, 0.1) is 17.6 Å². The van der Waals surface area contributed by atoms with E-state index in [-0.39, 0.29) is 6.04 Å². The first-order chi connectivity index (χ1) is 8.66. The van der Waals surface area contributed by atoms with Gasteiger partial charge in [0, 0.05) is 19.6 Å².